The van der Waals surface area contributed by atoms with Crippen molar-refractivity contribution in [3.63, 3.8) is 0 Å². The zero-order chi connectivity index (χ0) is 11.5. The zero-order valence-electron chi connectivity index (χ0n) is 8.60. The summed E-state index contributed by atoms with van der Waals surface area (Å²) in [6.45, 7) is 0.279. The predicted molar refractivity (Wildman–Crippen MR) is 69.6 cm³/mol. The lowest BCUT2D eigenvalue weighted by Gasteiger charge is -2.08. The van der Waals surface area contributed by atoms with Gasteiger partial charge in [-0.1, -0.05) is 30.4 Å². The van der Waals surface area contributed by atoms with Crippen molar-refractivity contribution in [1.82, 2.24) is 5.32 Å². The fourth-order valence-corrected chi connectivity index (χ4v) is 2.91. The summed E-state index contributed by atoms with van der Waals surface area (Å²) in [6, 6.07) is 8.08. The van der Waals surface area contributed by atoms with Gasteiger partial charge in [0, 0.05) is 4.90 Å². The van der Waals surface area contributed by atoms with E-state index in [0.29, 0.717) is 4.99 Å². The van der Waals surface area contributed by atoms with Crippen LogP contribution in [0.3, 0.4) is 0 Å². The first-order chi connectivity index (χ1) is 7.66. The first-order valence-corrected chi connectivity index (χ1v) is 6.26. The van der Waals surface area contributed by atoms with Crippen LogP contribution in [0.25, 0.3) is 0 Å². The first kappa shape index (κ1) is 11.4. The minimum absolute atomic E-state index is 0.00833. The van der Waals surface area contributed by atoms with Gasteiger partial charge < -0.3 is 11.1 Å². The fraction of sp³-hybridized carbons (Fsp3) is 0.273. The molecule has 1 aliphatic heterocycles. The quantitative estimate of drug-likeness (QED) is 0.791. The minimum atomic E-state index is -0.0493. The van der Waals surface area contributed by atoms with E-state index >= 15 is 0 Å². The molecule has 0 saturated heterocycles. The Kier molecular flexibility index (Phi) is 3.46. The minimum Gasteiger partial charge on any atom is -0.392 e. The van der Waals surface area contributed by atoms with E-state index in [9.17, 15) is 4.79 Å². The molecule has 16 heavy (non-hydrogen) atoms. The normalized spacial score (nSPS) is 17.9. The maximum atomic E-state index is 11.8. The summed E-state index contributed by atoms with van der Waals surface area (Å²) in [5.74, 6) is 0.00833. The van der Waals surface area contributed by atoms with Crippen LogP contribution in [-0.4, -0.2) is 22.7 Å². The van der Waals surface area contributed by atoms with Gasteiger partial charge in [-0.2, -0.15) is 0 Å². The second-order valence-electron chi connectivity index (χ2n) is 3.60. The summed E-state index contributed by atoms with van der Waals surface area (Å²) >= 11 is 6.31. The van der Waals surface area contributed by atoms with E-state index < -0.39 is 0 Å². The molecule has 84 valence electrons. The molecule has 1 aromatic rings. The van der Waals surface area contributed by atoms with Crippen LogP contribution in [0.1, 0.15) is 5.56 Å². The van der Waals surface area contributed by atoms with E-state index in [1.807, 2.05) is 18.2 Å². The zero-order valence-corrected chi connectivity index (χ0v) is 10.2. The summed E-state index contributed by atoms with van der Waals surface area (Å²) in [5.41, 5.74) is 6.57. The van der Waals surface area contributed by atoms with Gasteiger partial charge in [-0.25, -0.2) is 0 Å². The lowest BCUT2D eigenvalue weighted by Crippen LogP contribution is -2.37. The molecule has 0 saturated carbocycles. The molecule has 3 nitrogen and oxygen atoms in total. The number of amides is 1. The molecule has 1 atom stereocenters. The molecule has 1 aliphatic rings. The van der Waals surface area contributed by atoms with Crippen LogP contribution in [0.2, 0.25) is 0 Å². The van der Waals surface area contributed by atoms with E-state index in [-0.39, 0.29) is 17.7 Å². The molecule has 1 amide bonds. The summed E-state index contributed by atoms with van der Waals surface area (Å²) in [6.07, 6.45) is 0.782. The van der Waals surface area contributed by atoms with E-state index in [1.165, 1.54) is 10.5 Å². The molecular formula is C11H12N2OS2. The van der Waals surface area contributed by atoms with Crippen LogP contribution in [0.5, 0.6) is 0 Å². The Labute approximate surface area is 104 Å². The highest BCUT2D eigenvalue weighted by Crippen LogP contribution is 2.36. The van der Waals surface area contributed by atoms with Crippen molar-refractivity contribution in [2.75, 3.05) is 6.54 Å². The van der Waals surface area contributed by atoms with Gasteiger partial charge in [-0.05, 0) is 18.1 Å². The highest BCUT2D eigenvalue weighted by Gasteiger charge is 2.27. The van der Waals surface area contributed by atoms with Crippen molar-refractivity contribution in [3.8, 4) is 0 Å². The van der Waals surface area contributed by atoms with Crippen molar-refractivity contribution in [2.45, 2.75) is 16.6 Å². The third-order valence-corrected chi connectivity index (χ3v) is 3.84. The number of hydrogen-bond acceptors (Lipinski definition) is 3. The molecule has 1 heterocycles. The number of thiocarbonyl (C=S) groups is 1. The SMILES string of the molecule is NC(=S)CNC(=O)C1Cc2ccccc2S1. The van der Waals surface area contributed by atoms with Crippen LogP contribution in [0, 0.1) is 0 Å². The van der Waals surface area contributed by atoms with Gasteiger partial charge in [-0.15, -0.1) is 11.8 Å². The average molecular weight is 252 g/mol. The van der Waals surface area contributed by atoms with Gasteiger partial charge >= 0.3 is 0 Å². The molecule has 0 aromatic heterocycles. The number of carbonyl (C=O) groups excluding carboxylic acids is 1. The van der Waals surface area contributed by atoms with Crippen molar-refractivity contribution in [1.29, 1.82) is 0 Å². The third-order valence-electron chi connectivity index (χ3n) is 2.38. The Bertz CT molecular complexity index is 409. The van der Waals surface area contributed by atoms with Crippen LogP contribution in [0.4, 0.5) is 0 Å². The maximum Gasteiger partial charge on any atom is 0.234 e. The molecule has 0 bridgehead atoms. The standard InChI is InChI=1S/C11H12N2OS2/c12-10(15)6-13-11(14)9-5-7-3-1-2-4-8(7)16-9/h1-4,9H,5-6H2,(H2,12,15)(H,13,14). The van der Waals surface area contributed by atoms with Crippen LogP contribution in [0.15, 0.2) is 29.2 Å². The summed E-state index contributed by atoms with van der Waals surface area (Å²) in [4.78, 5) is 13.3. The molecular weight excluding hydrogens is 240 g/mol. The number of carbonyl (C=O) groups is 1. The van der Waals surface area contributed by atoms with E-state index in [2.05, 4.69) is 11.4 Å². The highest BCUT2D eigenvalue weighted by molar-refractivity contribution is 8.01. The predicted octanol–water partition coefficient (Wildman–Crippen LogP) is 1.11. The van der Waals surface area contributed by atoms with Gasteiger partial charge in [-0.3, -0.25) is 4.79 Å². The first-order valence-electron chi connectivity index (χ1n) is 4.97. The third kappa shape index (κ3) is 2.54. The van der Waals surface area contributed by atoms with Crippen LogP contribution >= 0.6 is 24.0 Å². The van der Waals surface area contributed by atoms with Crippen LogP contribution < -0.4 is 11.1 Å². The van der Waals surface area contributed by atoms with Crippen molar-refractivity contribution in [3.05, 3.63) is 29.8 Å². The van der Waals surface area contributed by atoms with E-state index in [0.717, 1.165) is 6.42 Å². The molecule has 0 aliphatic carbocycles. The molecule has 1 aromatic carbocycles. The molecule has 0 radical (unpaired) electrons. The fourth-order valence-electron chi connectivity index (χ4n) is 1.62. The number of benzene rings is 1. The van der Waals surface area contributed by atoms with Crippen molar-refractivity contribution < 1.29 is 4.79 Å². The Balaban J connectivity index is 1.96. The Hall–Kier alpha value is -1.07. The Morgan fingerprint density at radius 3 is 3.00 bits per heavy atom. The largest absolute Gasteiger partial charge is 0.392 e. The topological polar surface area (TPSA) is 55.1 Å². The number of nitrogens with one attached hydrogen (secondary N) is 1. The summed E-state index contributed by atoms with van der Waals surface area (Å²) < 4.78 is 0. The number of fused-ring (bicyclic) bond motifs is 1. The number of thioether (sulfide) groups is 1. The molecule has 3 N–H and O–H groups in total. The van der Waals surface area contributed by atoms with Gasteiger partial charge in [0.05, 0.1) is 16.8 Å². The number of rotatable bonds is 3. The van der Waals surface area contributed by atoms with E-state index in [4.69, 9.17) is 18.0 Å². The van der Waals surface area contributed by atoms with Gasteiger partial charge in [0.15, 0.2) is 0 Å². The molecule has 0 spiro atoms. The average Bonchev–Trinajstić information content (AvgIpc) is 2.69. The lowest BCUT2D eigenvalue weighted by atomic mass is 10.1. The monoisotopic (exact) mass is 252 g/mol. The second-order valence-corrected chi connectivity index (χ2v) is 5.37. The lowest BCUT2D eigenvalue weighted by molar-refractivity contribution is -0.120. The van der Waals surface area contributed by atoms with Crippen molar-refractivity contribution >= 4 is 34.9 Å². The second kappa shape index (κ2) is 4.84. The Morgan fingerprint density at radius 1 is 1.56 bits per heavy atom. The maximum absolute atomic E-state index is 11.8. The number of nitrogens with two attached hydrogens (primary N) is 1. The van der Waals surface area contributed by atoms with E-state index in [1.54, 1.807) is 11.8 Å². The molecule has 2 rings (SSSR count). The smallest absolute Gasteiger partial charge is 0.234 e. The highest BCUT2D eigenvalue weighted by atomic mass is 32.2. The van der Waals surface area contributed by atoms with Gasteiger partial charge in [0.25, 0.3) is 0 Å². The number of hydrogen-bond donors (Lipinski definition) is 2. The van der Waals surface area contributed by atoms with Crippen LogP contribution in [-0.2, 0) is 11.2 Å². The Morgan fingerprint density at radius 2 is 2.31 bits per heavy atom. The van der Waals surface area contributed by atoms with Crippen molar-refractivity contribution in [2.24, 2.45) is 5.73 Å². The summed E-state index contributed by atoms with van der Waals surface area (Å²) in [7, 11) is 0. The van der Waals surface area contributed by atoms with Gasteiger partial charge in [0.1, 0.15) is 0 Å². The molecule has 0 fully saturated rings. The molecule has 5 heteroatoms. The molecule has 1 unspecified atom stereocenters. The van der Waals surface area contributed by atoms with Gasteiger partial charge in [0.2, 0.25) is 5.91 Å². The summed E-state index contributed by atoms with van der Waals surface area (Å²) in [5, 5.41) is 2.68.